The molecule has 1 aliphatic rings. The zero-order chi connectivity index (χ0) is 15.1. The van der Waals surface area contributed by atoms with Crippen molar-refractivity contribution in [2.45, 2.75) is 19.8 Å². The topological polar surface area (TPSA) is 32.9 Å². The largest absolute Gasteiger partial charge is 0.358 e. The van der Waals surface area contributed by atoms with Gasteiger partial charge in [0.05, 0.1) is 0 Å². The van der Waals surface area contributed by atoms with Gasteiger partial charge in [-0.2, -0.15) is 0 Å². The van der Waals surface area contributed by atoms with Gasteiger partial charge < -0.3 is 4.98 Å². The van der Waals surface area contributed by atoms with Crippen LogP contribution < -0.4 is 0 Å². The van der Waals surface area contributed by atoms with E-state index in [9.17, 15) is 4.79 Å². The van der Waals surface area contributed by atoms with Crippen molar-refractivity contribution in [1.29, 1.82) is 0 Å². The fraction of sp³-hybridized carbons (Fsp3) is 0.150. The van der Waals surface area contributed by atoms with Crippen LogP contribution >= 0.6 is 0 Å². The molecule has 2 aromatic carbocycles. The van der Waals surface area contributed by atoms with Crippen LogP contribution in [0.1, 0.15) is 33.6 Å². The lowest BCUT2D eigenvalue weighted by atomic mass is 9.86. The Hall–Kier alpha value is -2.61. The van der Waals surface area contributed by atoms with Crippen LogP contribution in [0.4, 0.5) is 0 Å². The van der Waals surface area contributed by atoms with Gasteiger partial charge in [0.15, 0.2) is 5.78 Å². The number of nitrogens with one attached hydrogen (secondary N) is 1. The Morgan fingerprint density at radius 2 is 1.77 bits per heavy atom. The van der Waals surface area contributed by atoms with E-state index >= 15 is 0 Å². The van der Waals surface area contributed by atoms with E-state index in [1.54, 1.807) is 0 Å². The maximum absolute atomic E-state index is 12.7. The molecule has 1 heterocycles. The SMILES string of the molecule is Cc1[nH]c2ccccc2c1C=C1CCc2ccccc2C1=O. The maximum atomic E-state index is 12.7. The van der Waals surface area contributed by atoms with Crippen LogP contribution in [-0.4, -0.2) is 10.8 Å². The molecule has 0 radical (unpaired) electrons. The molecule has 22 heavy (non-hydrogen) atoms. The van der Waals surface area contributed by atoms with Crippen LogP contribution in [-0.2, 0) is 6.42 Å². The minimum Gasteiger partial charge on any atom is -0.358 e. The van der Waals surface area contributed by atoms with Gasteiger partial charge in [-0.25, -0.2) is 0 Å². The number of aryl methyl sites for hydroxylation is 2. The molecule has 0 unspecified atom stereocenters. The Morgan fingerprint density at radius 1 is 1.00 bits per heavy atom. The number of ketones is 1. The lowest BCUT2D eigenvalue weighted by molar-refractivity contribution is 0.102. The molecule has 3 aromatic rings. The van der Waals surface area contributed by atoms with Gasteiger partial charge in [0, 0.05) is 33.3 Å². The number of fused-ring (bicyclic) bond motifs is 2. The number of hydrogen-bond acceptors (Lipinski definition) is 1. The second-order valence-corrected chi connectivity index (χ2v) is 5.87. The molecule has 2 heteroatoms. The van der Waals surface area contributed by atoms with Crippen molar-refractivity contribution < 1.29 is 4.79 Å². The van der Waals surface area contributed by atoms with E-state index in [0.717, 1.165) is 40.8 Å². The molecule has 0 fully saturated rings. The van der Waals surface area contributed by atoms with Crippen LogP contribution in [0.15, 0.2) is 54.1 Å². The Balaban J connectivity index is 1.83. The summed E-state index contributed by atoms with van der Waals surface area (Å²) in [7, 11) is 0. The molecular formula is C20H17NO. The standard InChI is InChI=1S/C20H17NO/c1-13-18(17-8-4-5-9-19(17)21-13)12-15-11-10-14-6-2-3-7-16(14)20(15)22/h2-9,12,21H,10-11H2,1H3. The van der Waals surface area contributed by atoms with Crippen molar-refractivity contribution >= 4 is 22.8 Å². The highest BCUT2D eigenvalue weighted by Crippen LogP contribution is 2.30. The van der Waals surface area contributed by atoms with Gasteiger partial charge in [0.1, 0.15) is 0 Å². The highest BCUT2D eigenvalue weighted by Gasteiger charge is 2.21. The van der Waals surface area contributed by atoms with Crippen molar-refractivity contribution in [3.8, 4) is 0 Å². The second kappa shape index (κ2) is 4.99. The molecule has 1 aliphatic carbocycles. The molecule has 0 spiro atoms. The normalized spacial score (nSPS) is 16.2. The first-order chi connectivity index (χ1) is 10.7. The van der Waals surface area contributed by atoms with Crippen LogP contribution in [0.25, 0.3) is 17.0 Å². The fourth-order valence-electron chi connectivity index (χ4n) is 3.31. The number of hydrogen-bond donors (Lipinski definition) is 1. The minimum absolute atomic E-state index is 0.173. The van der Waals surface area contributed by atoms with E-state index in [1.807, 2.05) is 30.3 Å². The molecule has 0 aliphatic heterocycles. The average molecular weight is 287 g/mol. The van der Waals surface area contributed by atoms with E-state index in [-0.39, 0.29) is 5.78 Å². The van der Waals surface area contributed by atoms with Gasteiger partial charge >= 0.3 is 0 Å². The van der Waals surface area contributed by atoms with Gasteiger partial charge in [-0.3, -0.25) is 4.79 Å². The molecule has 0 amide bonds. The smallest absolute Gasteiger partial charge is 0.189 e. The zero-order valence-electron chi connectivity index (χ0n) is 12.5. The molecule has 1 N–H and O–H groups in total. The fourth-order valence-corrected chi connectivity index (χ4v) is 3.31. The summed E-state index contributed by atoms with van der Waals surface area (Å²) in [6.45, 7) is 2.06. The number of benzene rings is 2. The van der Waals surface area contributed by atoms with Crippen LogP contribution in [0.5, 0.6) is 0 Å². The van der Waals surface area contributed by atoms with Crippen LogP contribution in [0, 0.1) is 6.92 Å². The van der Waals surface area contributed by atoms with Gasteiger partial charge in [-0.15, -0.1) is 0 Å². The van der Waals surface area contributed by atoms with Crippen molar-refractivity contribution in [3.05, 3.63) is 76.5 Å². The highest BCUT2D eigenvalue weighted by molar-refractivity contribution is 6.14. The third-order valence-corrected chi connectivity index (χ3v) is 4.48. The zero-order valence-corrected chi connectivity index (χ0v) is 12.5. The number of Topliss-reactive ketones (excluding diaryl/α,β-unsaturated/α-hetero) is 1. The number of allylic oxidation sites excluding steroid dienone is 1. The first-order valence-corrected chi connectivity index (χ1v) is 7.64. The molecule has 0 saturated heterocycles. The van der Waals surface area contributed by atoms with Gasteiger partial charge in [-0.1, -0.05) is 42.5 Å². The number of aromatic amines is 1. The quantitative estimate of drug-likeness (QED) is 0.647. The predicted octanol–water partition coefficient (Wildman–Crippen LogP) is 4.69. The molecule has 0 atom stereocenters. The molecule has 108 valence electrons. The number of aromatic nitrogens is 1. The second-order valence-electron chi connectivity index (χ2n) is 5.87. The summed E-state index contributed by atoms with van der Waals surface area (Å²) in [6.07, 6.45) is 3.83. The summed E-state index contributed by atoms with van der Waals surface area (Å²) >= 11 is 0. The number of para-hydroxylation sites is 1. The molecule has 0 saturated carbocycles. The summed E-state index contributed by atoms with van der Waals surface area (Å²) in [5.41, 5.74) is 6.30. The Morgan fingerprint density at radius 3 is 2.68 bits per heavy atom. The molecule has 2 nitrogen and oxygen atoms in total. The Labute approximate surface area is 129 Å². The van der Waals surface area contributed by atoms with Gasteiger partial charge in [0.25, 0.3) is 0 Å². The van der Waals surface area contributed by atoms with E-state index in [4.69, 9.17) is 0 Å². The predicted molar refractivity (Wildman–Crippen MR) is 90.1 cm³/mol. The van der Waals surface area contributed by atoms with Crippen molar-refractivity contribution in [2.24, 2.45) is 0 Å². The lowest BCUT2D eigenvalue weighted by Gasteiger charge is -2.17. The first-order valence-electron chi connectivity index (χ1n) is 7.64. The van der Waals surface area contributed by atoms with Crippen LogP contribution in [0.3, 0.4) is 0 Å². The van der Waals surface area contributed by atoms with E-state index < -0.39 is 0 Å². The summed E-state index contributed by atoms with van der Waals surface area (Å²) in [5.74, 6) is 0.173. The minimum atomic E-state index is 0.173. The Bertz CT molecular complexity index is 914. The summed E-state index contributed by atoms with van der Waals surface area (Å²) in [5, 5.41) is 1.18. The molecule has 0 bridgehead atoms. The van der Waals surface area contributed by atoms with Crippen molar-refractivity contribution in [3.63, 3.8) is 0 Å². The van der Waals surface area contributed by atoms with E-state index in [1.165, 1.54) is 10.9 Å². The molecule has 4 rings (SSSR count). The Kier molecular flexibility index (Phi) is 2.97. The number of carbonyl (C=O) groups is 1. The summed E-state index contributed by atoms with van der Waals surface area (Å²) in [4.78, 5) is 16.1. The van der Waals surface area contributed by atoms with Crippen LogP contribution in [0.2, 0.25) is 0 Å². The number of H-pyrrole nitrogens is 1. The average Bonchev–Trinajstić information content (AvgIpc) is 2.86. The number of carbonyl (C=O) groups excluding carboxylic acids is 1. The van der Waals surface area contributed by atoms with E-state index in [2.05, 4.69) is 36.2 Å². The van der Waals surface area contributed by atoms with Crippen molar-refractivity contribution in [2.75, 3.05) is 0 Å². The third kappa shape index (κ3) is 2.00. The van der Waals surface area contributed by atoms with Crippen molar-refractivity contribution in [1.82, 2.24) is 4.98 Å². The molecular weight excluding hydrogens is 270 g/mol. The summed E-state index contributed by atoms with van der Waals surface area (Å²) in [6, 6.07) is 16.2. The maximum Gasteiger partial charge on any atom is 0.189 e. The first kappa shape index (κ1) is 13.1. The highest BCUT2D eigenvalue weighted by atomic mass is 16.1. The van der Waals surface area contributed by atoms with E-state index in [0.29, 0.717) is 0 Å². The molecule has 1 aromatic heterocycles. The summed E-state index contributed by atoms with van der Waals surface area (Å²) < 4.78 is 0. The number of rotatable bonds is 1. The monoisotopic (exact) mass is 287 g/mol. The third-order valence-electron chi connectivity index (χ3n) is 4.48. The van der Waals surface area contributed by atoms with Gasteiger partial charge in [-0.05, 0) is 37.5 Å². The van der Waals surface area contributed by atoms with Gasteiger partial charge in [0.2, 0.25) is 0 Å². The lowest BCUT2D eigenvalue weighted by Crippen LogP contribution is -2.13.